The van der Waals surface area contributed by atoms with E-state index >= 15 is 0 Å². The summed E-state index contributed by atoms with van der Waals surface area (Å²) in [6.07, 6.45) is 1.18. The number of benzene rings is 1. The normalized spacial score (nSPS) is 14.2. The minimum absolute atomic E-state index is 0.213. The highest BCUT2D eigenvalue weighted by molar-refractivity contribution is 7.98. The number of hydrogen-bond donors (Lipinski definition) is 0. The van der Waals surface area contributed by atoms with Crippen molar-refractivity contribution in [1.82, 2.24) is 19.1 Å². The minimum atomic E-state index is -3.24. The fourth-order valence-electron chi connectivity index (χ4n) is 2.05. The Morgan fingerprint density at radius 2 is 2.10 bits per heavy atom. The Balaban J connectivity index is 2.04. The monoisotopic (exact) mass is 310 g/mol. The van der Waals surface area contributed by atoms with Gasteiger partial charge in [0.1, 0.15) is 5.82 Å². The molecule has 6 nitrogen and oxygen atoms in total. The maximum atomic E-state index is 11.5. The van der Waals surface area contributed by atoms with Crippen molar-refractivity contribution < 1.29 is 8.42 Å². The molecule has 1 aliphatic heterocycles. The smallest absolute Gasteiger partial charge is 0.211 e. The molecule has 106 valence electrons. The van der Waals surface area contributed by atoms with Gasteiger partial charge in [0.15, 0.2) is 5.82 Å². The molecule has 0 bridgehead atoms. The molecular weight excluding hydrogens is 296 g/mol. The highest BCUT2D eigenvalue weighted by Crippen LogP contribution is 2.34. The molecule has 0 fully saturated rings. The molecule has 0 spiro atoms. The van der Waals surface area contributed by atoms with Gasteiger partial charge in [0, 0.05) is 11.9 Å². The van der Waals surface area contributed by atoms with Gasteiger partial charge in [-0.25, -0.2) is 8.42 Å². The zero-order valence-electron chi connectivity index (χ0n) is 11.1. The van der Waals surface area contributed by atoms with E-state index in [-0.39, 0.29) is 6.54 Å². The highest BCUT2D eigenvalue weighted by Gasteiger charge is 2.23. The average Bonchev–Trinajstić information content (AvgIpc) is 2.81. The maximum Gasteiger partial charge on any atom is 0.211 e. The van der Waals surface area contributed by atoms with E-state index in [1.807, 2.05) is 28.8 Å². The van der Waals surface area contributed by atoms with E-state index in [9.17, 15) is 8.42 Å². The van der Waals surface area contributed by atoms with Crippen LogP contribution >= 0.6 is 11.8 Å². The first-order chi connectivity index (χ1) is 9.47. The summed E-state index contributed by atoms with van der Waals surface area (Å²) in [7, 11) is -1.69. The number of nitrogens with zero attached hydrogens (tertiary/aromatic N) is 4. The quantitative estimate of drug-likeness (QED) is 0.854. The molecule has 1 aromatic heterocycles. The number of para-hydroxylation sites is 1. The first kappa shape index (κ1) is 13.6. The summed E-state index contributed by atoms with van der Waals surface area (Å²) in [5.41, 5.74) is 1.01. The molecule has 0 saturated carbocycles. The summed E-state index contributed by atoms with van der Waals surface area (Å²) in [5, 5.41) is 8.31. The predicted molar refractivity (Wildman–Crippen MR) is 77.2 cm³/mol. The van der Waals surface area contributed by atoms with Crippen LogP contribution in [0.15, 0.2) is 29.2 Å². The molecule has 20 heavy (non-hydrogen) atoms. The van der Waals surface area contributed by atoms with Crippen LogP contribution in [0.1, 0.15) is 11.6 Å². The first-order valence-electron chi connectivity index (χ1n) is 6.03. The summed E-state index contributed by atoms with van der Waals surface area (Å²) in [6, 6.07) is 7.99. The van der Waals surface area contributed by atoms with Gasteiger partial charge >= 0.3 is 0 Å². The Morgan fingerprint density at radius 3 is 2.85 bits per heavy atom. The van der Waals surface area contributed by atoms with Crippen molar-refractivity contribution in [1.29, 1.82) is 0 Å². The van der Waals surface area contributed by atoms with E-state index < -0.39 is 10.0 Å². The van der Waals surface area contributed by atoms with Crippen LogP contribution in [-0.2, 0) is 22.3 Å². The van der Waals surface area contributed by atoms with Crippen LogP contribution in [0.5, 0.6) is 0 Å². The van der Waals surface area contributed by atoms with Crippen LogP contribution in [0.4, 0.5) is 0 Å². The van der Waals surface area contributed by atoms with Gasteiger partial charge < -0.3 is 0 Å². The van der Waals surface area contributed by atoms with E-state index in [1.54, 1.807) is 18.8 Å². The Bertz CT molecular complexity index is 755. The van der Waals surface area contributed by atoms with Gasteiger partial charge in [-0.1, -0.05) is 12.1 Å². The number of fused-ring (bicyclic) bond motifs is 3. The average molecular weight is 310 g/mol. The highest BCUT2D eigenvalue weighted by atomic mass is 32.2. The number of rotatable bonds is 3. The second-order valence-corrected chi connectivity index (χ2v) is 7.75. The lowest BCUT2D eigenvalue weighted by Gasteiger charge is -2.20. The predicted octanol–water partition coefficient (Wildman–Crippen LogP) is 1.26. The summed E-state index contributed by atoms with van der Waals surface area (Å²) in [5.74, 6) is 2.23. The van der Waals surface area contributed by atoms with Crippen LogP contribution in [-0.4, -0.2) is 40.8 Å². The molecule has 0 saturated heterocycles. The van der Waals surface area contributed by atoms with Crippen molar-refractivity contribution in [3.8, 4) is 5.69 Å². The van der Waals surface area contributed by atoms with Crippen LogP contribution < -0.4 is 0 Å². The van der Waals surface area contributed by atoms with Gasteiger partial charge in [-0.2, -0.15) is 4.31 Å². The zero-order chi connectivity index (χ0) is 14.3. The van der Waals surface area contributed by atoms with Gasteiger partial charge in [-0.05, 0) is 12.1 Å². The summed E-state index contributed by atoms with van der Waals surface area (Å²) in [4.78, 5) is 1.16. The van der Waals surface area contributed by atoms with Crippen molar-refractivity contribution >= 4 is 21.8 Å². The number of sulfonamides is 1. The van der Waals surface area contributed by atoms with Crippen LogP contribution in [0.25, 0.3) is 5.69 Å². The van der Waals surface area contributed by atoms with E-state index in [0.717, 1.165) is 22.2 Å². The molecule has 0 unspecified atom stereocenters. The molecule has 0 atom stereocenters. The molecule has 3 rings (SSSR count). The van der Waals surface area contributed by atoms with Gasteiger partial charge in [-0.3, -0.25) is 4.57 Å². The van der Waals surface area contributed by atoms with Gasteiger partial charge in [-0.15, -0.1) is 22.0 Å². The Kier molecular flexibility index (Phi) is 3.31. The molecule has 0 amide bonds. The van der Waals surface area contributed by atoms with Gasteiger partial charge in [0.05, 0.1) is 24.2 Å². The molecule has 2 aromatic rings. The summed E-state index contributed by atoms with van der Waals surface area (Å²) in [6.45, 7) is 0.213. The third kappa shape index (κ3) is 2.34. The van der Waals surface area contributed by atoms with Crippen LogP contribution in [0.3, 0.4) is 0 Å². The minimum Gasteiger partial charge on any atom is -0.280 e. The lowest BCUT2D eigenvalue weighted by atomic mass is 10.3. The van der Waals surface area contributed by atoms with Gasteiger partial charge in [0.2, 0.25) is 10.0 Å². The Hall–Kier alpha value is -1.38. The first-order valence-corrected chi connectivity index (χ1v) is 8.87. The lowest BCUT2D eigenvalue weighted by molar-refractivity contribution is 0.458. The van der Waals surface area contributed by atoms with Crippen molar-refractivity contribution in [2.75, 3.05) is 13.3 Å². The van der Waals surface area contributed by atoms with E-state index in [2.05, 4.69) is 10.2 Å². The van der Waals surface area contributed by atoms with Crippen LogP contribution in [0, 0.1) is 0 Å². The van der Waals surface area contributed by atoms with Crippen molar-refractivity contribution in [2.24, 2.45) is 0 Å². The topological polar surface area (TPSA) is 68.1 Å². The fourth-order valence-corrected chi connectivity index (χ4v) is 3.35. The number of aromatic nitrogens is 3. The molecule has 0 radical (unpaired) electrons. The van der Waals surface area contributed by atoms with E-state index in [4.69, 9.17) is 0 Å². The summed E-state index contributed by atoms with van der Waals surface area (Å²) >= 11 is 1.71. The third-order valence-corrected chi connectivity index (χ3v) is 5.51. The molecule has 1 aliphatic rings. The van der Waals surface area contributed by atoms with Crippen molar-refractivity contribution in [3.63, 3.8) is 0 Å². The molecule has 0 N–H and O–H groups in total. The Morgan fingerprint density at radius 1 is 1.35 bits per heavy atom. The lowest BCUT2D eigenvalue weighted by Crippen LogP contribution is -2.27. The fraction of sp³-hybridized carbons (Fsp3) is 0.333. The summed E-state index contributed by atoms with van der Waals surface area (Å²) < 4.78 is 26.3. The molecule has 8 heteroatoms. The van der Waals surface area contributed by atoms with Crippen molar-refractivity contribution in [2.45, 2.75) is 17.2 Å². The van der Waals surface area contributed by atoms with E-state index in [0.29, 0.717) is 5.82 Å². The largest absolute Gasteiger partial charge is 0.280 e. The molecule has 1 aromatic carbocycles. The third-order valence-electron chi connectivity index (χ3n) is 3.19. The molecule has 2 heterocycles. The number of hydrogen-bond acceptors (Lipinski definition) is 5. The van der Waals surface area contributed by atoms with Crippen molar-refractivity contribution in [3.05, 3.63) is 35.9 Å². The molecule has 0 aliphatic carbocycles. The standard InChI is InChI=1S/C12H14N4O2S2/c1-15(20(2,17)18)7-11-13-14-12-8-19-10-6-4-3-5-9(10)16(11)12/h3-6H,7-8H2,1-2H3. The van der Waals surface area contributed by atoms with Gasteiger partial charge in [0.25, 0.3) is 0 Å². The Labute approximate surface area is 121 Å². The second kappa shape index (κ2) is 4.87. The molecular formula is C12H14N4O2S2. The SMILES string of the molecule is CN(Cc1nnc2n1-c1ccccc1SC2)S(C)(=O)=O. The second-order valence-electron chi connectivity index (χ2n) is 4.64. The zero-order valence-corrected chi connectivity index (χ0v) is 12.8. The maximum absolute atomic E-state index is 11.5. The van der Waals surface area contributed by atoms with E-state index in [1.165, 1.54) is 10.6 Å². The van der Waals surface area contributed by atoms with Crippen LogP contribution in [0.2, 0.25) is 0 Å². The number of thioether (sulfide) groups is 1.